The Morgan fingerprint density at radius 1 is 1.22 bits per heavy atom. The van der Waals surface area contributed by atoms with Crippen LogP contribution in [-0.4, -0.2) is 9.55 Å². The second-order valence-electron chi connectivity index (χ2n) is 4.71. The van der Waals surface area contributed by atoms with Gasteiger partial charge < -0.3 is 9.55 Å². The molecule has 18 heavy (non-hydrogen) atoms. The molecule has 2 nitrogen and oxygen atoms in total. The zero-order chi connectivity index (χ0) is 13.3. The first-order chi connectivity index (χ1) is 8.57. The standard InChI is InChI=1S/C14H19BrN2S/c1-4-14(5-2,6-3)17-12-9-10(15)7-8-11(12)16-13(17)18/h7-9H,4-6H2,1-3H3,(H,16,18). The van der Waals surface area contributed by atoms with Crippen LogP contribution in [0.15, 0.2) is 22.7 Å². The fraction of sp³-hybridized carbons (Fsp3) is 0.500. The molecule has 0 fully saturated rings. The van der Waals surface area contributed by atoms with Crippen LogP contribution in [0.2, 0.25) is 0 Å². The maximum absolute atomic E-state index is 5.54. The minimum Gasteiger partial charge on any atom is -0.331 e. The Hall–Kier alpha value is -0.610. The summed E-state index contributed by atoms with van der Waals surface area (Å²) in [5, 5.41) is 0. The normalized spacial score (nSPS) is 12.2. The smallest absolute Gasteiger partial charge is 0.178 e. The van der Waals surface area contributed by atoms with Gasteiger partial charge in [-0.05, 0) is 49.7 Å². The van der Waals surface area contributed by atoms with E-state index in [9.17, 15) is 0 Å². The number of fused-ring (bicyclic) bond motifs is 1. The Morgan fingerprint density at radius 2 is 1.83 bits per heavy atom. The molecule has 0 atom stereocenters. The van der Waals surface area contributed by atoms with Crippen molar-refractivity contribution in [1.29, 1.82) is 0 Å². The highest BCUT2D eigenvalue weighted by Gasteiger charge is 2.28. The average Bonchev–Trinajstić information content (AvgIpc) is 2.69. The van der Waals surface area contributed by atoms with E-state index in [4.69, 9.17) is 12.2 Å². The maximum Gasteiger partial charge on any atom is 0.178 e. The van der Waals surface area contributed by atoms with Gasteiger partial charge in [0.2, 0.25) is 0 Å². The molecule has 4 heteroatoms. The summed E-state index contributed by atoms with van der Waals surface area (Å²) in [4.78, 5) is 3.32. The molecule has 0 radical (unpaired) electrons. The summed E-state index contributed by atoms with van der Waals surface area (Å²) < 4.78 is 4.23. The lowest BCUT2D eigenvalue weighted by Crippen LogP contribution is -2.31. The van der Waals surface area contributed by atoms with Gasteiger partial charge in [0.05, 0.1) is 11.0 Å². The number of imidazole rings is 1. The van der Waals surface area contributed by atoms with E-state index in [0.29, 0.717) is 0 Å². The molecule has 1 aromatic carbocycles. The molecular weight excluding hydrogens is 308 g/mol. The number of hydrogen-bond acceptors (Lipinski definition) is 1. The highest BCUT2D eigenvalue weighted by molar-refractivity contribution is 9.10. The van der Waals surface area contributed by atoms with Crippen LogP contribution in [0.25, 0.3) is 11.0 Å². The number of hydrogen-bond donors (Lipinski definition) is 1. The lowest BCUT2D eigenvalue weighted by atomic mass is 9.89. The molecule has 0 aliphatic carbocycles. The molecule has 0 spiro atoms. The van der Waals surface area contributed by atoms with E-state index in [2.05, 4.69) is 58.4 Å². The predicted molar refractivity (Wildman–Crippen MR) is 83.7 cm³/mol. The van der Waals surface area contributed by atoms with Crippen LogP contribution in [0, 0.1) is 4.77 Å². The Labute approximate surface area is 122 Å². The second-order valence-corrected chi connectivity index (χ2v) is 6.01. The van der Waals surface area contributed by atoms with Crippen molar-refractivity contribution in [2.75, 3.05) is 0 Å². The van der Waals surface area contributed by atoms with Gasteiger partial charge in [-0.15, -0.1) is 0 Å². The van der Waals surface area contributed by atoms with Gasteiger partial charge in [0.1, 0.15) is 0 Å². The number of aromatic nitrogens is 2. The number of aromatic amines is 1. The summed E-state index contributed by atoms with van der Waals surface area (Å²) in [6, 6.07) is 6.28. The molecular formula is C14H19BrN2S. The molecule has 0 unspecified atom stereocenters. The molecule has 0 aliphatic rings. The summed E-state index contributed by atoms with van der Waals surface area (Å²) >= 11 is 9.08. The molecule has 0 bridgehead atoms. The summed E-state index contributed by atoms with van der Waals surface area (Å²) in [5.41, 5.74) is 2.43. The first kappa shape index (κ1) is 13.8. The molecule has 0 amide bonds. The number of nitrogens with one attached hydrogen (secondary N) is 1. The summed E-state index contributed by atoms with van der Waals surface area (Å²) in [7, 11) is 0. The van der Waals surface area contributed by atoms with Gasteiger partial charge >= 0.3 is 0 Å². The van der Waals surface area contributed by atoms with Crippen molar-refractivity contribution < 1.29 is 0 Å². The number of halogens is 1. The lowest BCUT2D eigenvalue weighted by molar-refractivity contribution is 0.255. The topological polar surface area (TPSA) is 20.7 Å². The van der Waals surface area contributed by atoms with E-state index in [1.165, 1.54) is 5.52 Å². The molecule has 1 aromatic heterocycles. The van der Waals surface area contributed by atoms with Crippen LogP contribution in [-0.2, 0) is 5.54 Å². The predicted octanol–water partition coefficient (Wildman–Crippen LogP) is 5.39. The number of rotatable bonds is 4. The van der Waals surface area contributed by atoms with Crippen molar-refractivity contribution in [3.8, 4) is 0 Å². The summed E-state index contributed by atoms with van der Waals surface area (Å²) in [6.07, 6.45) is 3.27. The van der Waals surface area contributed by atoms with E-state index in [1.807, 2.05) is 6.07 Å². The molecule has 0 aliphatic heterocycles. The zero-order valence-corrected chi connectivity index (χ0v) is 13.5. The fourth-order valence-electron chi connectivity index (χ4n) is 2.77. The van der Waals surface area contributed by atoms with Gasteiger partial charge in [-0.3, -0.25) is 0 Å². The van der Waals surface area contributed by atoms with Crippen molar-refractivity contribution in [3.05, 3.63) is 27.4 Å². The average molecular weight is 327 g/mol. The molecule has 0 saturated carbocycles. The highest BCUT2D eigenvalue weighted by atomic mass is 79.9. The van der Waals surface area contributed by atoms with Crippen molar-refractivity contribution in [2.45, 2.75) is 45.6 Å². The third kappa shape index (κ3) is 2.05. The molecule has 2 aromatic rings. The maximum atomic E-state index is 5.54. The minimum absolute atomic E-state index is 0.121. The number of nitrogens with zero attached hydrogens (tertiary/aromatic N) is 1. The third-order valence-corrected chi connectivity index (χ3v) is 4.87. The van der Waals surface area contributed by atoms with Crippen molar-refractivity contribution in [1.82, 2.24) is 9.55 Å². The van der Waals surface area contributed by atoms with Gasteiger partial charge in [-0.2, -0.15) is 0 Å². The summed E-state index contributed by atoms with van der Waals surface area (Å²) in [6.45, 7) is 6.72. The number of H-pyrrole nitrogens is 1. The Kier molecular flexibility index (Phi) is 3.97. The largest absolute Gasteiger partial charge is 0.331 e. The SMILES string of the molecule is CCC(CC)(CC)n1c(=S)[nH]c2ccc(Br)cc21. The van der Waals surface area contributed by atoms with Crippen molar-refractivity contribution >= 4 is 39.2 Å². The van der Waals surface area contributed by atoms with Gasteiger partial charge in [0, 0.05) is 10.0 Å². The molecule has 0 saturated heterocycles. The first-order valence-corrected chi connectivity index (χ1v) is 7.69. The van der Waals surface area contributed by atoms with Crippen molar-refractivity contribution in [3.63, 3.8) is 0 Å². The minimum atomic E-state index is 0.121. The highest BCUT2D eigenvalue weighted by Crippen LogP contribution is 2.33. The second kappa shape index (κ2) is 5.17. The van der Waals surface area contributed by atoms with E-state index in [1.54, 1.807) is 0 Å². The number of benzene rings is 1. The lowest BCUT2D eigenvalue weighted by Gasteiger charge is -2.33. The van der Waals surface area contributed by atoms with Gasteiger partial charge in [0.25, 0.3) is 0 Å². The monoisotopic (exact) mass is 326 g/mol. The van der Waals surface area contributed by atoms with E-state index < -0.39 is 0 Å². The molecule has 1 heterocycles. The molecule has 1 N–H and O–H groups in total. The van der Waals surface area contributed by atoms with Crippen LogP contribution in [0.1, 0.15) is 40.0 Å². The van der Waals surface area contributed by atoms with Gasteiger partial charge in [-0.25, -0.2) is 0 Å². The Bertz CT molecular complexity index is 600. The van der Waals surface area contributed by atoms with Crippen LogP contribution in [0.3, 0.4) is 0 Å². The van der Waals surface area contributed by atoms with Crippen LogP contribution >= 0.6 is 28.1 Å². The van der Waals surface area contributed by atoms with E-state index in [-0.39, 0.29) is 5.54 Å². The molecule has 2 rings (SSSR count). The van der Waals surface area contributed by atoms with Crippen molar-refractivity contribution in [2.24, 2.45) is 0 Å². The Morgan fingerprint density at radius 3 is 2.39 bits per heavy atom. The van der Waals surface area contributed by atoms with Crippen LogP contribution in [0.4, 0.5) is 0 Å². The first-order valence-electron chi connectivity index (χ1n) is 6.48. The zero-order valence-electron chi connectivity index (χ0n) is 11.1. The fourth-order valence-corrected chi connectivity index (χ4v) is 3.52. The van der Waals surface area contributed by atoms with Gasteiger partial charge in [0.15, 0.2) is 4.77 Å². The molecule has 98 valence electrons. The Balaban J connectivity index is 2.80. The van der Waals surface area contributed by atoms with E-state index >= 15 is 0 Å². The third-order valence-electron chi connectivity index (χ3n) is 4.09. The van der Waals surface area contributed by atoms with Crippen LogP contribution in [0.5, 0.6) is 0 Å². The van der Waals surface area contributed by atoms with Gasteiger partial charge in [-0.1, -0.05) is 36.7 Å². The quantitative estimate of drug-likeness (QED) is 0.747. The summed E-state index contributed by atoms with van der Waals surface area (Å²) in [5.74, 6) is 0. The van der Waals surface area contributed by atoms with Crippen LogP contribution < -0.4 is 0 Å². The van der Waals surface area contributed by atoms with E-state index in [0.717, 1.165) is 34.0 Å².